The molecule has 1 fully saturated rings. The van der Waals surface area contributed by atoms with E-state index < -0.39 is 18.8 Å². The summed E-state index contributed by atoms with van der Waals surface area (Å²) in [6, 6.07) is 11.2. The van der Waals surface area contributed by atoms with Gasteiger partial charge in [0.2, 0.25) is 6.75 Å². The lowest BCUT2D eigenvalue weighted by Crippen LogP contribution is -2.45. The highest BCUT2D eigenvalue weighted by atomic mass is 16.7. The summed E-state index contributed by atoms with van der Waals surface area (Å²) in [6.07, 6.45) is 6.77. The lowest BCUT2D eigenvalue weighted by Gasteiger charge is -2.28. The van der Waals surface area contributed by atoms with Crippen LogP contribution in [0, 0.1) is 6.92 Å². The molecule has 5 rings (SSSR count). The predicted octanol–water partition coefficient (Wildman–Crippen LogP) is 3.53. The molecule has 7 nitrogen and oxygen atoms in total. The van der Waals surface area contributed by atoms with Gasteiger partial charge < -0.3 is 19.9 Å². The molecule has 1 aromatic heterocycles. The Balaban J connectivity index is 1.45. The molecule has 1 amide bonds. The van der Waals surface area contributed by atoms with Crippen LogP contribution in [0.25, 0.3) is 5.69 Å². The number of hydrogen-bond acceptors (Lipinski definition) is 5. The van der Waals surface area contributed by atoms with Gasteiger partial charge in [-0.15, -0.1) is 0 Å². The Bertz CT molecular complexity index is 1200. The summed E-state index contributed by atoms with van der Waals surface area (Å²) in [4.78, 5) is 13.2. The van der Waals surface area contributed by atoms with Gasteiger partial charge in [0.1, 0.15) is 2.74 Å². The number of carbonyl (C=O) groups is 1. The number of aliphatic hydroxyl groups excluding tert-OH is 1. The number of amides is 1. The lowest BCUT2D eigenvalue weighted by atomic mass is 9.92. The van der Waals surface area contributed by atoms with E-state index in [-0.39, 0.29) is 23.1 Å². The van der Waals surface area contributed by atoms with E-state index in [9.17, 15) is 9.90 Å². The topological polar surface area (TPSA) is 85.6 Å². The van der Waals surface area contributed by atoms with Gasteiger partial charge in [0, 0.05) is 12.4 Å². The highest BCUT2D eigenvalue weighted by molar-refractivity contribution is 5.98. The minimum atomic E-state index is -2.35. The maximum Gasteiger partial charge on any atom is 0.255 e. The van der Waals surface area contributed by atoms with Crippen molar-refractivity contribution >= 4 is 5.91 Å². The van der Waals surface area contributed by atoms with Crippen molar-refractivity contribution in [3.05, 3.63) is 71.0 Å². The first-order valence-corrected chi connectivity index (χ1v) is 10.9. The molecule has 1 aliphatic carbocycles. The molecule has 0 bridgehead atoms. The minimum absolute atomic E-state index is 0.100. The monoisotopic (exact) mass is 435 g/mol. The summed E-state index contributed by atoms with van der Waals surface area (Å²) in [5, 5.41) is 17.4. The molecule has 3 aromatic rings. The quantitative estimate of drug-likeness (QED) is 0.640. The van der Waals surface area contributed by atoms with Crippen molar-refractivity contribution in [1.29, 1.82) is 0 Å². The number of aromatic nitrogens is 2. The van der Waals surface area contributed by atoms with E-state index in [1.54, 1.807) is 16.9 Å². The maximum absolute atomic E-state index is 13.2. The highest BCUT2D eigenvalue weighted by Crippen LogP contribution is 2.41. The average Bonchev–Trinajstić information content (AvgIpc) is 3.45. The summed E-state index contributed by atoms with van der Waals surface area (Å²) >= 11 is 0. The van der Waals surface area contributed by atoms with Crippen molar-refractivity contribution in [3.63, 3.8) is 0 Å². The summed E-state index contributed by atoms with van der Waals surface area (Å²) in [6.45, 7) is -0.514. The molecule has 2 heterocycles. The second-order valence-electron chi connectivity index (χ2n) is 8.38. The lowest BCUT2D eigenvalue weighted by molar-refractivity contribution is 0.0714. The number of ether oxygens (including phenoxy) is 2. The van der Waals surface area contributed by atoms with Crippen molar-refractivity contribution in [1.82, 2.24) is 15.1 Å². The van der Waals surface area contributed by atoms with Crippen molar-refractivity contribution in [3.8, 4) is 17.2 Å². The van der Waals surface area contributed by atoms with Gasteiger partial charge in [-0.05, 0) is 67.1 Å². The van der Waals surface area contributed by atoms with Gasteiger partial charge >= 0.3 is 0 Å². The number of benzene rings is 2. The zero-order chi connectivity index (χ0) is 23.9. The third-order valence-corrected chi connectivity index (χ3v) is 6.27. The van der Waals surface area contributed by atoms with E-state index in [0.717, 1.165) is 35.2 Å². The van der Waals surface area contributed by atoms with E-state index >= 15 is 0 Å². The third kappa shape index (κ3) is 3.96. The number of nitrogens with zero attached hydrogens (tertiary/aromatic N) is 2. The van der Waals surface area contributed by atoms with E-state index in [2.05, 4.69) is 10.4 Å². The number of fused-ring (bicyclic) bond motifs is 1. The fourth-order valence-corrected chi connectivity index (χ4v) is 4.40. The summed E-state index contributed by atoms with van der Waals surface area (Å²) < 4.78 is 28.4. The van der Waals surface area contributed by atoms with Gasteiger partial charge in [0.15, 0.2) is 11.5 Å². The van der Waals surface area contributed by atoms with Crippen LogP contribution in [0.3, 0.4) is 0 Å². The van der Waals surface area contributed by atoms with E-state index in [4.69, 9.17) is 12.2 Å². The minimum Gasteiger partial charge on any atom is -0.453 e. The van der Waals surface area contributed by atoms with Gasteiger partial charge in [-0.2, -0.15) is 5.10 Å². The van der Waals surface area contributed by atoms with Crippen molar-refractivity contribution in [2.24, 2.45) is 0 Å². The molecule has 32 heavy (non-hydrogen) atoms. The fraction of sp³-hybridized carbons (Fsp3) is 0.360. The molecule has 0 unspecified atom stereocenters. The van der Waals surface area contributed by atoms with Crippen molar-refractivity contribution in [2.75, 3.05) is 6.75 Å². The van der Waals surface area contributed by atoms with E-state index in [1.807, 2.05) is 43.5 Å². The number of hydrogen-bond donors (Lipinski definition) is 2. The molecule has 2 aromatic carbocycles. The molecule has 7 heteroatoms. The second-order valence-corrected chi connectivity index (χ2v) is 8.38. The van der Waals surface area contributed by atoms with Crippen LogP contribution in [0.2, 0.25) is 0 Å². The van der Waals surface area contributed by atoms with E-state index in [0.29, 0.717) is 19.3 Å². The van der Waals surface area contributed by atoms with Crippen molar-refractivity contribution in [2.45, 2.75) is 51.2 Å². The number of carbonyl (C=O) groups excluding carboxylic acids is 1. The largest absolute Gasteiger partial charge is 0.453 e. The molecule has 0 saturated heterocycles. The van der Waals surface area contributed by atoms with Crippen LogP contribution < -0.4 is 14.8 Å². The first kappa shape index (κ1) is 18.3. The summed E-state index contributed by atoms with van der Waals surface area (Å²) in [5.74, 6) is -0.0631. The molecule has 2 aliphatic rings. The maximum atomic E-state index is 13.2. The Morgan fingerprint density at radius 2 is 2.03 bits per heavy atom. The zero-order valence-electron chi connectivity index (χ0n) is 19.9. The van der Waals surface area contributed by atoms with Gasteiger partial charge in [-0.3, -0.25) is 4.79 Å². The summed E-state index contributed by atoms with van der Waals surface area (Å²) in [7, 11) is 0. The SMILES string of the molecule is [2H]C1([2H])Oc2c(C(=O)N[C@H]3CCCC[C@@H]3O)cc(Cc3ccc(-n4cccn4)cc3)c(C)c2O1. The first-order chi connectivity index (χ1) is 16.3. The second kappa shape index (κ2) is 8.67. The smallest absolute Gasteiger partial charge is 0.255 e. The molecule has 1 aliphatic heterocycles. The first-order valence-electron chi connectivity index (χ1n) is 11.9. The van der Waals surface area contributed by atoms with Crippen LogP contribution in [0.5, 0.6) is 11.5 Å². The number of rotatable bonds is 5. The predicted molar refractivity (Wildman–Crippen MR) is 119 cm³/mol. The Labute approximate surface area is 189 Å². The van der Waals surface area contributed by atoms with Crippen LogP contribution in [0.1, 0.15) is 55.5 Å². The van der Waals surface area contributed by atoms with Crippen molar-refractivity contribution < 1.29 is 22.1 Å². The third-order valence-electron chi connectivity index (χ3n) is 6.27. The standard InChI is InChI=1S/C25H27N3O4/c1-16-18(13-17-7-9-19(10-8-17)28-12-4-11-26-28)14-20(24-23(16)31-15-32-24)25(30)27-21-5-2-3-6-22(21)29/h4,7-12,14,21-22,29H,2-3,5-6,13,15H2,1H3,(H,27,30)/t21-,22-/m0/s1/i15D2. The molecular weight excluding hydrogens is 406 g/mol. The Kier molecular flexibility index (Phi) is 4.95. The zero-order valence-corrected chi connectivity index (χ0v) is 17.9. The fourth-order valence-electron chi connectivity index (χ4n) is 4.40. The molecule has 166 valence electrons. The van der Waals surface area contributed by atoms with Gasteiger partial charge in [-0.1, -0.05) is 25.0 Å². The molecule has 1 saturated carbocycles. The Morgan fingerprint density at radius 3 is 2.78 bits per heavy atom. The van der Waals surface area contributed by atoms with E-state index in [1.165, 1.54) is 0 Å². The number of nitrogens with one attached hydrogen (secondary N) is 1. The number of aliphatic hydroxyl groups is 1. The molecule has 2 N–H and O–H groups in total. The Morgan fingerprint density at radius 1 is 1.25 bits per heavy atom. The Hall–Kier alpha value is -3.32. The summed E-state index contributed by atoms with van der Waals surface area (Å²) in [5.41, 5.74) is 3.73. The average molecular weight is 436 g/mol. The molecular formula is C25H27N3O4. The highest BCUT2D eigenvalue weighted by Gasteiger charge is 2.30. The molecule has 0 radical (unpaired) electrons. The van der Waals surface area contributed by atoms with Gasteiger partial charge in [0.05, 0.1) is 23.4 Å². The van der Waals surface area contributed by atoms with Gasteiger partial charge in [-0.25, -0.2) is 4.68 Å². The van der Waals surface area contributed by atoms with Crippen LogP contribution in [0.15, 0.2) is 48.8 Å². The van der Waals surface area contributed by atoms with Crippen LogP contribution in [-0.4, -0.2) is 39.7 Å². The molecule has 2 atom stereocenters. The van der Waals surface area contributed by atoms with Crippen LogP contribution >= 0.6 is 0 Å². The molecule has 0 spiro atoms. The van der Waals surface area contributed by atoms with Crippen LogP contribution in [-0.2, 0) is 6.42 Å². The van der Waals surface area contributed by atoms with Gasteiger partial charge in [0.25, 0.3) is 5.91 Å². The normalized spacial score (nSPS) is 22.2. The van der Waals surface area contributed by atoms with Crippen LogP contribution in [0.4, 0.5) is 0 Å².